The Hall–Kier alpha value is -4.11. The van der Waals surface area contributed by atoms with Crippen molar-refractivity contribution < 1.29 is 4.42 Å². The summed E-state index contributed by atoms with van der Waals surface area (Å²) in [6, 6.07) is 19.4. The van der Waals surface area contributed by atoms with Gasteiger partial charge in [0.1, 0.15) is 11.3 Å². The van der Waals surface area contributed by atoms with Crippen LogP contribution in [-0.2, 0) is 19.4 Å². The number of benzene rings is 2. The Kier molecular flexibility index (Phi) is 5.92. The lowest BCUT2D eigenvalue weighted by atomic mass is 10.0. The molecule has 0 saturated heterocycles. The summed E-state index contributed by atoms with van der Waals surface area (Å²) in [6.45, 7) is 4.61. The van der Waals surface area contributed by atoms with Gasteiger partial charge in [-0.3, -0.25) is 9.78 Å². The molecular weight excluding hydrogens is 532 g/mol. The molecule has 8 nitrogen and oxygen atoms in total. The molecule has 0 fully saturated rings. The number of fused-ring (bicyclic) bond motifs is 2. The van der Waals surface area contributed by atoms with E-state index in [0.717, 1.165) is 67.3 Å². The van der Waals surface area contributed by atoms with E-state index < -0.39 is 0 Å². The first-order valence-corrected chi connectivity index (χ1v) is 12.9. The van der Waals surface area contributed by atoms with Gasteiger partial charge < -0.3 is 8.98 Å². The molecule has 0 atom stereocenters. The highest BCUT2D eigenvalue weighted by Gasteiger charge is 2.19. The number of pyridine rings is 2. The molecule has 37 heavy (non-hydrogen) atoms. The summed E-state index contributed by atoms with van der Waals surface area (Å²) in [5, 5.41) is 16.2. The van der Waals surface area contributed by atoms with Crippen molar-refractivity contribution in [3.63, 3.8) is 0 Å². The molecule has 0 aliphatic heterocycles. The molecule has 0 radical (unpaired) electrons. The normalized spacial score (nSPS) is 11.5. The number of tetrazole rings is 1. The quantitative estimate of drug-likeness (QED) is 0.274. The minimum absolute atomic E-state index is 0.0376. The van der Waals surface area contributed by atoms with Crippen LogP contribution in [0.3, 0.4) is 0 Å². The zero-order valence-corrected chi connectivity index (χ0v) is 21.9. The van der Waals surface area contributed by atoms with Gasteiger partial charge in [0.25, 0.3) is 5.56 Å². The van der Waals surface area contributed by atoms with Crippen LogP contribution < -0.4 is 5.56 Å². The van der Waals surface area contributed by atoms with E-state index in [0.29, 0.717) is 18.1 Å². The maximum absolute atomic E-state index is 13.0. The van der Waals surface area contributed by atoms with Crippen LogP contribution in [0.1, 0.15) is 30.8 Å². The summed E-state index contributed by atoms with van der Waals surface area (Å²) in [5.74, 6) is 1.25. The lowest BCUT2D eigenvalue weighted by Crippen LogP contribution is -2.20. The van der Waals surface area contributed by atoms with Gasteiger partial charge in [-0.25, -0.2) is 5.10 Å². The molecule has 0 spiro atoms. The molecule has 6 aromatic rings. The lowest BCUT2D eigenvalue weighted by molar-refractivity contribution is 0.630. The van der Waals surface area contributed by atoms with Gasteiger partial charge in [0.2, 0.25) is 0 Å². The van der Waals surface area contributed by atoms with Gasteiger partial charge in [-0.2, -0.15) is 0 Å². The van der Waals surface area contributed by atoms with E-state index in [4.69, 9.17) is 9.40 Å². The highest BCUT2D eigenvalue weighted by molar-refractivity contribution is 9.10. The smallest absolute Gasteiger partial charge is 0.251 e. The Labute approximate surface area is 220 Å². The van der Waals surface area contributed by atoms with Gasteiger partial charge in [0.05, 0.1) is 16.5 Å². The van der Waals surface area contributed by atoms with Crippen LogP contribution >= 0.6 is 15.9 Å². The first kappa shape index (κ1) is 23.3. The molecule has 0 bridgehead atoms. The first-order valence-electron chi connectivity index (χ1n) is 12.1. The topological polar surface area (TPSA) is 102 Å². The van der Waals surface area contributed by atoms with E-state index in [2.05, 4.69) is 56.5 Å². The van der Waals surface area contributed by atoms with Crippen LogP contribution in [0, 0.1) is 0 Å². The fraction of sp³-hybridized carbons (Fsp3) is 0.179. The summed E-state index contributed by atoms with van der Waals surface area (Å²) in [5.41, 5.74) is 6.32. The van der Waals surface area contributed by atoms with Crippen LogP contribution in [0.2, 0.25) is 0 Å². The third kappa shape index (κ3) is 4.05. The fourth-order valence-electron chi connectivity index (χ4n) is 4.76. The Bertz CT molecular complexity index is 1820. The summed E-state index contributed by atoms with van der Waals surface area (Å²) >= 11 is 3.77. The maximum atomic E-state index is 13.0. The predicted molar refractivity (Wildman–Crippen MR) is 146 cm³/mol. The average Bonchev–Trinajstić information content (AvgIpc) is 3.58. The Morgan fingerprint density at radius 3 is 2.57 bits per heavy atom. The van der Waals surface area contributed by atoms with E-state index in [1.54, 1.807) is 6.07 Å². The van der Waals surface area contributed by atoms with Crippen molar-refractivity contribution in [1.29, 1.82) is 0 Å². The minimum Gasteiger partial charge on any atom is -0.455 e. The number of nitrogens with zero attached hydrogens (tertiary/aromatic N) is 5. The number of rotatable bonds is 6. The van der Waals surface area contributed by atoms with E-state index in [1.807, 2.05) is 53.1 Å². The number of halogens is 1. The predicted octanol–water partition coefficient (Wildman–Crippen LogP) is 5.93. The lowest BCUT2D eigenvalue weighted by Gasteiger charge is -2.14. The molecule has 0 aliphatic rings. The Morgan fingerprint density at radius 1 is 0.973 bits per heavy atom. The summed E-state index contributed by atoms with van der Waals surface area (Å²) in [7, 11) is 0. The van der Waals surface area contributed by atoms with Gasteiger partial charge in [0.15, 0.2) is 5.82 Å². The van der Waals surface area contributed by atoms with Crippen molar-refractivity contribution >= 4 is 37.8 Å². The number of aromatic amines is 1. The number of hydrogen-bond donors (Lipinski definition) is 1. The molecule has 4 heterocycles. The largest absolute Gasteiger partial charge is 0.455 e. The summed E-state index contributed by atoms with van der Waals surface area (Å²) < 4.78 is 8.94. The number of nitrogens with one attached hydrogen (secondary N) is 1. The number of H-pyrrole nitrogens is 1. The molecule has 2 aromatic carbocycles. The fourth-order valence-corrected chi connectivity index (χ4v) is 5.37. The second kappa shape index (κ2) is 9.40. The number of aryl methyl sites for hydroxylation is 2. The van der Waals surface area contributed by atoms with Crippen molar-refractivity contribution in [2.75, 3.05) is 0 Å². The summed E-state index contributed by atoms with van der Waals surface area (Å²) in [6.07, 6.45) is 1.62. The van der Waals surface area contributed by atoms with Crippen molar-refractivity contribution in [1.82, 2.24) is 30.2 Å². The molecule has 6 rings (SSSR count). The molecule has 0 unspecified atom stereocenters. The van der Waals surface area contributed by atoms with E-state index >= 15 is 0 Å². The SMILES string of the molecule is CCc1cc2c(ccc(=O)n2Cc2ccc3oc(-c4ccccc4-c4nnn[nH]4)c(Br)c3c2)c(CC)n1. The minimum atomic E-state index is -0.0376. The number of hydrogen-bond acceptors (Lipinski definition) is 6. The van der Waals surface area contributed by atoms with Crippen molar-refractivity contribution in [3.05, 3.63) is 92.4 Å². The van der Waals surface area contributed by atoms with Gasteiger partial charge in [-0.1, -0.05) is 44.2 Å². The van der Waals surface area contributed by atoms with E-state index in [9.17, 15) is 4.79 Å². The van der Waals surface area contributed by atoms with Crippen molar-refractivity contribution in [3.8, 4) is 22.7 Å². The average molecular weight is 555 g/mol. The van der Waals surface area contributed by atoms with Gasteiger partial charge in [0, 0.05) is 39.4 Å². The van der Waals surface area contributed by atoms with Crippen molar-refractivity contribution in [2.45, 2.75) is 33.2 Å². The van der Waals surface area contributed by atoms with E-state index in [-0.39, 0.29) is 5.56 Å². The number of aromatic nitrogens is 6. The zero-order valence-electron chi connectivity index (χ0n) is 20.3. The molecule has 1 N–H and O–H groups in total. The second-order valence-corrected chi connectivity index (χ2v) is 9.62. The molecule has 9 heteroatoms. The maximum Gasteiger partial charge on any atom is 0.251 e. The molecular formula is C28H23BrN6O2. The third-order valence-corrected chi connectivity index (χ3v) is 7.41. The van der Waals surface area contributed by atoms with Crippen LogP contribution in [0.5, 0.6) is 0 Å². The monoisotopic (exact) mass is 554 g/mol. The van der Waals surface area contributed by atoms with E-state index in [1.165, 1.54) is 0 Å². The van der Waals surface area contributed by atoms with Gasteiger partial charge in [-0.15, -0.1) is 5.10 Å². The van der Waals surface area contributed by atoms with Crippen LogP contribution in [0.4, 0.5) is 0 Å². The Morgan fingerprint density at radius 2 is 1.81 bits per heavy atom. The first-order chi connectivity index (χ1) is 18.1. The summed E-state index contributed by atoms with van der Waals surface area (Å²) in [4.78, 5) is 17.8. The molecule has 0 amide bonds. The highest BCUT2D eigenvalue weighted by atomic mass is 79.9. The molecule has 0 aliphatic carbocycles. The van der Waals surface area contributed by atoms with Crippen LogP contribution in [0.15, 0.2) is 74.3 Å². The second-order valence-electron chi connectivity index (χ2n) is 8.83. The molecule has 184 valence electrons. The van der Waals surface area contributed by atoms with Gasteiger partial charge in [-0.05, 0) is 69.0 Å². The third-order valence-electron chi connectivity index (χ3n) is 6.62. The van der Waals surface area contributed by atoms with Gasteiger partial charge >= 0.3 is 0 Å². The molecule has 4 aromatic heterocycles. The Balaban J connectivity index is 1.46. The standard InChI is InChI=1S/C28H23BrN6O2/c1-3-17-14-23-20(22(4-2)30-17)10-12-25(36)35(23)15-16-9-11-24-21(13-16)26(29)27(37-24)18-7-5-6-8-19(18)28-31-33-34-32-28/h5-14H,3-4,15H2,1-2H3,(H,31,32,33,34). The number of furan rings is 1. The zero-order chi connectivity index (χ0) is 25.5. The highest BCUT2D eigenvalue weighted by Crippen LogP contribution is 2.41. The molecule has 0 saturated carbocycles. The van der Waals surface area contributed by atoms with Crippen molar-refractivity contribution in [2.24, 2.45) is 0 Å². The van der Waals surface area contributed by atoms with Crippen LogP contribution in [0.25, 0.3) is 44.6 Å². The van der Waals surface area contributed by atoms with Crippen LogP contribution in [-0.4, -0.2) is 30.2 Å².